The van der Waals surface area contributed by atoms with Crippen LogP contribution in [0.4, 0.5) is 8.78 Å². The molecule has 19 heavy (non-hydrogen) atoms. The Bertz CT molecular complexity index is 618. The lowest BCUT2D eigenvalue weighted by molar-refractivity contribution is 0.0992. The molecule has 0 N–H and O–H groups in total. The van der Waals surface area contributed by atoms with Crippen LogP contribution in [0, 0.1) is 18.6 Å². The molecule has 98 valence electrons. The number of ketones is 1. The van der Waals surface area contributed by atoms with Crippen LogP contribution in [-0.2, 0) is 6.42 Å². The van der Waals surface area contributed by atoms with Gasteiger partial charge in [0.05, 0.1) is 0 Å². The highest BCUT2D eigenvalue weighted by molar-refractivity contribution is 9.10. The summed E-state index contributed by atoms with van der Waals surface area (Å²) in [6, 6.07) is 8.64. The molecule has 0 aliphatic rings. The second-order valence-corrected chi connectivity index (χ2v) is 5.26. The highest BCUT2D eigenvalue weighted by Gasteiger charge is 2.10. The van der Waals surface area contributed by atoms with Gasteiger partial charge in [0.1, 0.15) is 11.6 Å². The molecule has 4 heteroatoms. The Balaban J connectivity index is 2.22. The first kappa shape index (κ1) is 13.9. The maximum Gasteiger partial charge on any atom is 0.167 e. The van der Waals surface area contributed by atoms with E-state index in [2.05, 4.69) is 15.9 Å². The number of hydrogen-bond acceptors (Lipinski definition) is 1. The van der Waals surface area contributed by atoms with Crippen molar-refractivity contribution in [3.8, 4) is 0 Å². The van der Waals surface area contributed by atoms with Gasteiger partial charge in [-0.05, 0) is 42.3 Å². The van der Waals surface area contributed by atoms with Crippen molar-refractivity contribution in [3.05, 3.63) is 69.2 Å². The standard InChI is InChI=1S/C15H11BrF2O/c1-9-2-3-11(7-14(9)18)15(19)6-10-4-12(16)8-13(17)5-10/h2-5,7-8H,6H2,1H3. The minimum atomic E-state index is -0.411. The van der Waals surface area contributed by atoms with Gasteiger partial charge in [-0.2, -0.15) is 0 Å². The van der Waals surface area contributed by atoms with Crippen molar-refractivity contribution >= 4 is 21.7 Å². The van der Waals surface area contributed by atoms with Crippen LogP contribution in [-0.4, -0.2) is 5.78 Å². The molecule has 0 radical (unpaired) electrons. The van der Waals surface area contributed by atoms with E-state index in [4.69, 9.17) is 0 Å². The molecule has 2 rings (SSSR count). The Labute approximate surface area is 118 Å². The van der Waals surface area contributed by atoms with E-state index in [0.717, 1.165) is 0 Å². The van der Waals surface area contributed by atoms with Crippen LogP contribution < -0.4 is 0 Å². The third-order valence-electron chi connectivity index (χ3n) is 2.78. The van der Waals surface area contributed by atoms with Crippen LogP contribution in [0.25, 0.3) is 0 Å². The summed E-state index contributed by atoms with van der Waals surface area (Å²) in [6.45, 7) is 1.63. The van der Waals surface area contributed by atoms with Crippen molar-refractivity contribution in [1.29, 1.82) is 0 Å². The maximum atomic E-state index is 13.4. The van der Waals surface area contributed by atoms with Crippen LogP contribution in [0.1, 0.15) is 21.5 Å². The first-order valence-corrected chi connectivity index (χ1v) is 6.49. The minimum absolute atomic E-state index is 0.0405. The number of carbonyl (C=O) groups excluding carboxylic acids is 1. The summed E-state index contributed by atoms with van der Waals surface area (Å²) in [6.07, 6.45) is 0.0405. The van der Waals surface area contributed by atoms with E-state index >= 15 is 0 Å². The number of benzene rings is 2. The van der Waals surface area contributed by atoms with Gasteiger partial charge in [0.15, 0.2) is 5.78 Å². The molecule has 0 fully saturated rings. The lowest BCUT2D eigenvalue weighted by Gasteiger charge is -2.04. The monoisotopic (exact) mass is 324 g/mol. The smallest absolute Gasteiger partial charge is 0.167 e. The fourth-order valence-corrected chi connectivity index (χ4v) is 2.28. The van der Waals surface area contributed by atoms with Crippen molar-refractivity contribution in [3.63, 3.8) is 0 Å². The normalized spacial score (nSPS) is 10.5. The molecule has 0 aliphatic carbocycles. The Hall–Kier alpha value is -1.55. The second-order valence-electron chi connectivity index (χ2n) is 4.34. The van der Waals surface area contributed by atoms with Gasteiger partial charge in [0, 0.05) is 16.5 Å². The summed E-state index contributed by atoms with van der Waals surface area (Å²) in [5.41, 5.74) is 1.34. The van der Waals surface area contributed by atoms with Crippen LogP contribution in [0.2, 0.25) is 0 Å². The second kappa shape index (κ2) is 5.61. The average Bonchev–Trinajstić information content (AvgIpc) is 2.31. The third-order valence-corrected chi connectivity index (χ3v) is 3.24. The lowest BCUT2D eigenvalue weighted by atomic mass is 10.0. The first-order chi connectivity index (χ1) is 8.95. The summed E-state index contributed by atoms with van der Waals surface area (Å²) in [5.74, 6) is -1.06. The maximum absolute atomic E-state index is 13.4. The predicted molar refractivity (Wildman–Crippen MR) is 73.3 cm³/mol. The Morgan fingerprint density at radius 3 is 2.53 bits per heavy atom. The lowest BCUT2D eigenvalue weighted by Crippen LogP contribution is -2.04. The molecular formula is C15H11BrF2O. The molecule has 0 heterocycles. The summed E-state index contributed by atoms with van der Waals surface area (Å²) in [4.78, 5) is 12.0. The van der Waals surface area contributed by atoms with Crippen LogP contribution in [0.5, 0.6) is 0 Å². The van der Waals surface area contributed by atoms with E-state index in [1.807, 2.05) is 0 Å². The number of Topliss-reactive ketones (excluding diaryl/α,β-unsaturated/α-hetero) is 1. The topological polar surface area (TPSA) is 17.1 Å². The molecular weight excluding hydrogens is 314 g/mol. The number of hydrogen-bond donors (Lipinski definition) is 0. The molecule has 0 saturated carbocycles. The molecule has 0 bridgehead atoms. The predicted octanol–water partition coefficient (Wildman–Crippen LogP) is 4.46. The van der Waals surface area contributed by atoms with Gasteiger partial charge in [-0.25, -0.2) is 8.78 Å². The molecule has 0 unspecified atom stereocenters. The van der Waals surface area contributed by atoms with Crippen molar-refractivity contribution in [2.24, 2.45) is 0 Å². The molecule has 2 aromatic rings. The Morgan fingerprint density at radius 1 is 1.16 bits per heavy atom. The number of carbonyl (C=O) groups is 1. The molecule has 2 aromatic carbocycles. The number of rotatable bonds is 3. The zero-order valence-corrected chi connectivity index (χ0v) is 11.8. The summed E-state index contributed by atoms with van der Waals surface area (Å²) in [5, 5.41) is 0. The van der Waals surface area contributed by atoms with E-state index in [1.54, 1.807) is 25.1 Å². The van der Waals surface area contributed by atoms with Gasteiger partial charge in [-0.3, -0.25) is 4.79 Å². The van der Waals surface area contributed by atoms with E-state index in [-0.39, 0.29) is 12.2 Å². The number of aryl methyl sites for hydroxylation is 1. The van der Waals surface area contributed by atoms with Crippen LogP contribution in [0.3, 0.4) is 0 Å². The van der Waals surface area contributed by atoms with Crippen molar-refractivity contribution in [1.82, 2.24) is 0 Å². The SMILES string of the molecule is Cc1ccc(C(=O)Cc2cc(F)cc(Br)c2)cc1F. The molecule has 0 aromatic heterocycles. The molecule has 0 atom stereocenters. The third kappa shape index (κ3) is 3.47. The van der Waals surface area contributed by atoms with Gasteiger partial charge in [0.2, 0.25) is 0 Å². The minimum Gasteiger partial charge on any atom is -0.294 e. The largest absolute Gasteiger partial charge is 0.294 e. The molecule has 0 amide bonds. The molecule has 0 spiro atoms. The molecule has 0 aliphatic heterocycles. The molecule has 0 saturated heterocycles. The average molecular weight is 325 g/mol. The fraction of sp³-hybridized carbons (Fsp3) is 0.133. The fourth-order valence-electron chi connectivity index (χ4n) is 1.77. The Morgan fingerprint density at radius 2 is 1.89 bits per heavy atom. The van der Waals surface area contributed by atoms with Gasteiger partial charge >= 0.3 is 0 Å². The summed E-state index contributed by atoms with van der Waals surface area (Å²) < 4.78 is 27.2. The zero-order chi connectivity index (χ0) is 14.0. The van der Waals surface area contributed by atoms with Gasteiger partial charge in [-0.15, -0.1) is 0 Å². The van der Waals surface area contributed by atoms with Gasteiger partial charge < -0.3 is 0 Å². The number of halogens is 3. The summed E-state index contributed by atoms with van der Waals surface area (Å²) >= 11 is 3.17. The van der Waals surface area contributed by atoms with Gasteiger partial charge in [0.25, 0.3) is 0 Å². The first-order valence-electron chi connectivity index (χ1n) is 5.70. The van der Waals surface area contributed by atoms with Gasteiger partial charge in [-0.1, -0.05) is 28.1 Å². The van der Waals surface area contributed by atoms with Crippen molar-refractivity contribution in [2.75, 3.05) is 0 Å². The van der Waals surface area contributed by atoms with Crippen molar-refractivity contribution in [2.45, 2.75) is 13.3 Å². The highest BCUT2D eigenvalue weighted by atomic mass is 79.9. The van der Waals surface area contributed by atoms with E-state index in [0.29, 0.717) is 21.2 Å². The summed E-state index contributed by atoms with van der Waals surface area (Å²) in [7, 11) is 0. The van der Waals surface area contributed by atoms with E-state index in [1.165, 1.54) is 18.2 Å². The molecule has 1 nitrogen and oxygen atoms in total. The quantitative estimate of drug-likeness (QED) is 0.762. The van der Waals surface area contributed by atoms with Crippen LogP contribution >= 0.6 is 15.9 Å². The van der Waals surface area contributed by atoms with Crippen LogP contribution in [0.15, 0.2) is 40.9 Å². The van der Waals surface area contributed by atoms with E-state index < -0.39 is 11.6 Å². The van der Waals surface area contributed by atoms with Crippen molar-refractivity contribution < 1.29 is 13.6 Å². The van der Waals surface area contributed by atoms with E-state index in [9.17, 15) is 13.6 Å². The highest BCUT2D eigenvalue weighted by Crippen LogP contribution is 2.17. The zero-order valence-electron chi connectivity index (χ0n) is 10.2. The Kier molecular flexibility index (Phi) is 4.10.